The molecule has 1 aromatic heterocycles. The Morgan fingerprint density at radius 2 is 1.95 bits per heavy atom. The third kappa shape index (κ3) is 3.90. The lowest BCUT2D eigenvalue weighted by molar-refractivity contribution is 0.0954. The van der Waals surface area contributed by atoms with E-state index in [9.17, 15) is 4.79 Å². The lowest BCUT2D eigenvalue weighted by Crippen LogP contribution is -2.25. The van der Waals surface area contributed by atoms with E-state index >= 15 is 0 Å². The molecular weight excluding hydrogens is 268 g/mol. The highest BCUT2D eigenvalue weighted by molar-refractivity contribution is 7.09. The fraction of sp³-hybridized carbons (Fsp3) is 0.375. The maximum Gasteiger partial charge on any atom is 0.251 e. The highest BCUT2D eigenvalue weighted by atomic mass is 32.1. The Hall–Kier alpha value is -1.68. The number of rotatable bonds is 4. The average Bonchev–Trinajstić information content (AvgIpc) is 2.88. The van der Waals surface area contributed by atoms with Gasteiger partial charge in [-0.25, -0.2) is 4.98 Å². The lowest BCUT2D eigenvalue weighted by atomic mass is 9.93. The molecule has 3 nitrogen and oxygen atoms in total. The van der Waals surface area contributed by atoms with Crippen molar-refractivity contribution in [1.29, 1.82) is 0 Å². The standard InChI is InChI=1S/C16H20N2OS/c1-16(2,3)13-11-20-14(18-13)9-10-17-15(19)12-7-5-4-6-8-12/h4-8,11H,9-10H2,1-3H3,(H,17,19). The number of carbonyl (C=O) groups excluding carboxylic acids is 1. The SMILES string of the molecule is CC(C)(C)c1csc(CCNC(=O)c2ccccc2)n1. The summed E-state index contributed by atoms with van der Waals surface area (Å²) in [5.41, 5.74) is 1.90. The number of thiazole rings is 1. The van der Waals surface area contributed by atoms with Crippen LogP contribution in [-0.4, -0.2) is 17.4 Å². The zero-order valence-electron chi connectivity index (χ0n) is 12.1. The van der Waals surface area contributed by atoms with Crippen molar-refractivity contribution < 1.29 is 4.79 Å². The van der Waals surface area contributed by atoms with Gasteiger partial charge in [-0.05, 0) is 12.1 Å². The molecule has 0 unspecified atom stereocenters. The van der Waals surface area contributed by atoms with Crippen LogP contribution in [0.4, 0.5) is 0 Å². The van der Waals surface area contributed by atoms with Crippen LogP contribution >= 0.6 is 11.3 Å². The van der Waals surface area contributed by atoms with Crippen LogP contribution < -0.4 is 5.32 Å². The van der Waals surface area contributed by atoms with Crippen molar-refractivity contribution in [2.24, 2.45) is 0 Å². The Balaban J connectivity index is 1.85. The van der Waals surface area contributed by atoms with E-state index in [1.807, 2.05) is 30.3 Å². The molecule has 1 N–H and O–H groups in total. The van der Waals surface area contributed by atoms with Crippen LogP contribution in [0.3, 0.4) is 0 Å². The number of benzene rings is 1. The smallest absolute Gasteiger partial charge is 0.251 e. The van der Waals surface area contributed by atoms with E-state index < -0.39 is 0 Å². The molecule has 0 bridgehead atoms. The second-order valence-corrected chi connectivity index (χ2v) is 6.69. The summed E-state index contributed by atoms with van der Waals surface area (Å²) in [5.74, 6) is -0.0294. The molecule has 1 aromatic carbocycles. The summed E-state index contributed by atoms with van der Waals surface area (Å²) in [4.78, 5) is 16.5. The van der Waals surface area contributed by atoms with Crippen molar-refractivity contribution in [2.75, 3.05) is 6.54 Å². The zero-order valence-corrected chi connectivity index (χ0v) is 13.0. The highest BCUT2D eigenvalue weighted by Crippen LogP contribution is 2.23. The number of aromatic nitrogens is 1. The maximum atomic E-state index is 11.9. The van der Waals surface area contributed by atoms with E-state index in [0.717, 1.165) is 17.1 Å². The van der Waals surface area contributed by atoms with Gasteiger partial charge in [-0.2, -0.15) is 0 Å². The number of amides is 1. The van der Waals surface area contributed by atoms with Crippen LogP contribution in [0, 0.1) is 0 Å². The first kappa shape index (κ1) is 14.7. The van der Waals surface area contributed by atoms with Gasteiger partial charge in [0.05, 0.1) is 10.7 Å². The van der Waals surface area contributed by atoms with Crippen LogP contribution in [0.2, 0.25) is 0 Å². The average molecular weight is 288 g/mol. The maximum absolute atomic E-state index is 11.9. The first-order valence-corrected chi connectivity index (χ1v) is 7.63. The molecule has 0 aliphatic heterocycles. The third-order valence-corrected chi connectivity index (χ3v) is 3.89. The molecule has 1 amide bonds. The van der Waals surface area contributed by atoms with Crippen LogP contribution in [0.5, 0.6) is 0 Å². The van der Waals surface area contributed by atoms with Gasteiger partial charge >= 0.3 is 0 Å². The number of nitrogens with zero attached hydrogens (tertiary/aromatic N) is 1. The predicted octanol–water partition coefficient (Wildman–Crippen LogP) is 3.41. The molecule has 0 saturated heterocycles. The van der Waals surface area contributed by atoms with Crippen molar-refractivity contribution in [3.8, 4) is 0 Å². The van der Waals surface area contributed by atoms with Crippen LogP contribution in [0.25, 0.3) is 0 Å². The summed E-state index contributed by atoms with van der Waals surface area (Å²) in [6.45, 7) is 7.08. The Morgan fingerprint density at radius 3 is 2.55 bits per heavy atom. The van der Waals surface area contributed by atoms with Crippen molar-refractivity contribution >= 4 is 17.2 Å². The molecule has 20 heavy (non-hydrogen) atoms. The van der Waals surface area contributed by atoms with Crippen LogP contribution in [0.15, 0.2) is 35.7 Å². The van der Waals surface area contributed by atoms with Crippen molar-refractivity contribution in [1.82, 2.24) is 10.3 Å². The minimum atomic E-state index is -0.0294. The zero-order chi connectivity index (χ0) is 14.6. The molecule has 2 rings (SSSR count). The van der Waals surface area contributed by atoms with E-state index in [1.54, 1.807) is 11.3 Å². The minimum absolute atomic E-state index is 0.0294. The number of hydrogen-bond donors (Lipinski definition) is 1. The van der Waals surface area contributed by atoms with E-state index in [-0.39, 0.29) is 11.3 Å². The first-order valence-electron chi connectivity index (χ1n) is 6.75. The monoisotopic (exact) mass is 288 g/mol. The van der Waals surface area contributed by atoms with Gasteiger partial charge in [-0.3, -0.25) is 4.79 Å². The fourth-order valence-electron chi connectivity index (χ4n) is 1.74. The number of nitrogens with one attached hydrogen (secondary N) is 1. The highest BCUT2D eigenvalue weighted by Gasteiger charge is 2.17. The molecule has 0 radical (unpaired) electrons. The normalized spacial score (nSPS) is 11.3. The van der Waals surface area contributed by atoms with Gasteiger partial charge in [0.1, 0.15) is 0 Å². The first-order chi connectivity index (χ1) is 9.47. The Kier molecular flexibility index (Phi) is 4.55. The molecule has 2 aromatic rings. The molecule has 1 heterocycles. The molecule has 106 valence electrons. The van der Waals surface area contributed by atoms with Gasteiger partial charge in [0, 0.05) is 29.3 Å². The van der Waals surface area contributed by atoms with E-state index in [4.69, 9.17) is 0 Å². The molecular formula is C16H20N2OS. The van der Waals surface area contributed by atoms with Crippen molar-refractivity contribution in [2.45, 2.75) is 32.6 Å². The Bertz CT molecular complexity index is 570. The summed E-state index contributed by atoms with van der Waals surface area (Å²) < 4.78 is 0. The summed E-state index contributed by atoms with van der Waals surface area (Å²) in [7, 11) is 0. The van der Waals surface area contributed by atoms with Gasteiger partial charge in [-0.15, -0.1) is 11.3 Å². The minimum Gasteiger partial charge on any atom is -0.352 e. The topological polar surface area (TPSA) is 42.0 Å². The predicted molar refractivity (Wildman–Crippen MR) is 83.3 cm³/mol. The molecule has 4 heteroatoms. The lowest BCUT2D eigenvalue weighted by Gasteiger charge is -2.14. The number of carbonyl (C=O) groups is 1. The molecule has 0 aliphatic carbocycles. The summed E-state index contributed by atoms with van der Waals surface area (Å²) in [6.07, 6.45) is 0.777. The third-order valence-electron chi connectivity index (χ3n) is 2.98. The van der Waals surface area contributed by atoms with Gasteiger partial charge in [0.15, 0.2) is 0 Å². The second-order valence-electron chi connectivity index (χ2n) is 5.75. The van der Waals surface area contributed by atoms with Gasteiger partial charge in [-0.1, -0.05) is 39.0 Å². The van der Waals surface area contributed by atoms with Crippen LogP contribution in [-0.2, 0) is 11.8 Å². The fourth-order valence-corrected chi connectivity index (χ4v) is 2.77. The summed E-state index contributed by atoms with van der Waals surface area (Å²) in [5, 5.41) is 6.10. The molecule has 0 aliphatic rings. The van der Waals surface area contributed by atoms with Crippen molar-refractivity contribution in [3.63, 3.8) is 0 Å². The van der Waals surface area contributed by atoms with Gasteiger partial charge in [0.25, 0.3) is 5.91 Å². The van der Waals surface area contributed by atoms with Gasteiger partial charge in [0.2, 0.25) is 0 Å². The second kappa shape index (κ2) is 6.18. The van der Waals surface area contributed by atoms with E-state index in [1.165, 1.54) is 0 Å². The number of hydrogen-bond acceptors (Lipinski definition) is 3. The van der Waals surface area contributed by atoms with E-state index in [2.05, 4.69) is 36.5 Å². The van der Waals surface area contributed by atoms with Crippen LogP contribution in [0.1, 0.15) is 41.8 Å². The van der Waals surface area contributed by atoms with Gasteiger partial charge < -0.3 is 5.32 Å². The summed E-state index contributed by atoms with van der Waals surface area (Å²) in [6, 6.07) is 9.27. The molecule has 0 fully saturated rings. The summed E-state index contributed by atoms with van der Waals surface area (Å²) >= 11 is 1.66. The van der Waals surface area contributed by atoms with Crippen molar-refractivity contribution in [3.05, 3.63) is 52.0 Å². The largest absolute Gasteiger partial charge is 0.352 e. The molecule has 0 saturated carbocycles. The quantitative estimate of drug-likeness (QED) is 0.936. The Labute approximate surface area is 124 Å². The Morgan fingerprint density at radius 1 is 1.25 bits per heavy atom. The van der Waals surface area contributed by atoms with E-state index in [0.29, 0.717) is 12.1 Å². The molecule has 0 spiro atoms. The molecule has 0 atom stereocenters.